The lowest BCUT2D eigenvalue weighted by atomic mass is 10.0. The van der Waals surface area contributed by atoms with Gasteiger partial charge in [-0.25, -0.2) is 4.39 Å². The van der Waals surface area contributed by atoms with E-state index in [1.54, 1.807) is 12.3 Å². The zero-order chi connectivity index (χ0) is 14.8. The number of hydrogen-bond donors (Lipinski definition) is 3. The van der Waals surface area contributed by atoms with Gasteiger partial charge in [-0.2, -0.15) is 0 Å². The molecule has 1 heterocycles. The standard InChI is InChI=1S/C14H20FN3O2/c1-14(2,20)12(15)8-17-13(19)10-7-16-6-5-11(10)18-9-3-4-9/h5-7,9,12,20H,3-4,8H2,1-2H3,(H,16,18)(H,17,19). The van der Waals surface area contributed by atoms with Gasteiger partial charge in [0.2, 0.25) is 0 Å². The normalized spacial score (nSPS) is 16.6. The summed E-state index contributed by atoms with van der Waals surface area (Å²) in [6, 6.07) is 2.14. The molecule has 1 aromatic rings. The van der Waals surface area contributed by atoms with E-state index in [0.717, 1.165) is 12.8 Å². The minimum atomic E-state index is -1.53. The highest BCUT2D eigenvalue weighted by atomic mass is 19.1. The molecule has 0 aliphatic heterocycles. The quantitative estimate of drug-likeness (QED) is 0.738. The number of carbonyl (C=O) groups excluding carboxylic acids is 1. The van der Waals surface area contributed by atoms with Crippen LogP contribution in [0.3, 0.4) is 0 Å². The van der Waals surface area contributed by atoms with Crippen LogP contribution in [-0.4, -0.2) is 40.4 Å². The van der Waals surface area contributed by atoms with E-state index in [1.165, 1.54) is 20.0 Å². The summed E-state index contributed by atoms with van der Waals surface area (Å²) in [5, 5.41) is 15.2. The molecule has 1 aromatic heterocycles. The van der Waals surface area contributed by atoms with Crippen molar-refractivity contribution < 1.29 is 14.3 Å². The molecule has 0 bridgehead atoms. The Morgan fingerprint density at radius 2 is 2.30 bits per heavy atom. The van der Waals surface area contributed by atoms with Crippen LogP contribution in [0.2, 0.25) is 0 Å². The Morgan fingerprint density at radius 3 is 2.90 bits per heavy atom. The van der Waals surface area contributed by atoms with Crippen LogP contribution in [0, 0.1) is 0 Å². The number of rotatable bonds is 6. The monoisotopic (exact) mass is 281 g/mol. The molecule has 0 spiro atoms. The summed E-state index contributed by atoms with van der Waals surface area (Å²) in [5.74, 6) is -0.395. The van der Waals surface area contributed by atoms with Crippen LogP contribution >= 0.6 is 0 Å². The highest BCUT2D eigenvalue weighted by molar-refractivity contribution is 5.99. The van der Waals surface area contributed by atoms with Crippen LogP contribution in [0.5, 0.6) is 0 Å². The summed E-state index contributed by atoms with van der Waals surface area (Å²) in [7, 11) is 0. The van der Waals surface area contributed by atoms with Gasteiger partial charge < -0.3 is 15.7 Å². The Bertz CT molecular complexity index is 484. The highest BCUT2D eigenvalue weighted by Gasteiger charge is 2.27. The Kier molecular flexibility index (Phi) is 4.23. The lowest BCUT2D eigenvalue weighted by Gasteiger charge is -2.22. The first-order valence-corrected chi connectivity index (χ1v) is 6.73. The second kappa shape index (κ2) is 5.75. The number of alkyl halides is 1. The van der Waals surface area contributed by atoms with E-state index in [2.05, 4.69) is 15.6 Å². The number of carbonyl (C=O) groups is 1. The van der Waals surface area contributed by atoms with Crippen molar-refractivity contribution in [1.82, 2.24) is 10.3 Å². The Morgan fingerprint density at radius 1 is 1.60 bits per heavy atom. The molecule has 1 amide bonds. The molecule has 5 nitrogen and oxygen atoms in total. The molecule has 1 aliphatic rings. The van der Waals surface area contributed by atoms with Crippen LogP contribution < -0.4 is 10.6 Å². The van der Waals surface area contributed by atoms with Crippen LogP contribution in [-0.2, 0) is 0 Å². The first-order chi connectivity index (χ1) is 9.38. The van der Waals surface area contributed by atoms with Gasteiger partial charge in [-0.1, -0.05) is 0 Å². The minimum absolute atomic E-state index is 0.236. The predicted octanol–water partition coefficient (Wildman–Crippen LogP) is 1.49. The largest absolute Gasteiger partial charge is 0.387 e. The number of amides is 1. The molecular formula is C14H20FN3O2. The second-order valence-corrected chi connectivity index (χ2v) is 5.67. The third-order valence-corrected chi connectivity index (χ3v) is 3.21. The molecule has 1 atom stereocenters. The van der Waals surface area contributed by atoms with E-state index in [0.29, 0.717) is 17.3 Å². The molecule has 6 heteroatoms. The molecule has 1 aliphatic carbocycles. The molecule has 2 rings (SSSR count). The molecule has 20 heavy (non-hydrogen) atoms. The average molecular weight is 281 g/mol. The molecular weight excluding hydrogens is 261 g/mol. The lowest BCUT2D eigenvalue weighted by molar-refractivity contribution is -0.00177. The van der Waals surface area contributed by atoms with Crippen molar-refractivity contribution in [2.24, 2.45) is 0 Å². The van der Waals surface area contributed by atoms with Crippen molar-refractivity contribution in [1.29, 1.82) is 0 Å². The fourth-order valence-corrected chi connectivity index (χ4v) is 1.68. The maximum atomic E-state index is 13.6. The van der Waals surface area contributed by atoms with Crippen molar-refractivity contribution in [2.75, 3.05) is 11.9 Å². The first kappa shape index (κ1) is 14.7. The van der Waals surface area contributed by atoms with Crippen LogP contribution in [0.4, 0.5) is 10.1 Å². The smallest absolute Gasteiger partial charge is 0.255 e. The van der Waals surface area contributed by atoms with Crippen LogP contribution in [0.1, 0.15) is 37.0 Å². The van der Waals surface area contributed by atoms with Gasteiger partial charge in [0.05, 0.1) is 23.4 Å². The summed E-state index contributed by atoms with van der Waals surface area (Å²) in [4.78, 5) is 16.0. The van der Waals surface area contributed by atoms with Crippen molar-refractivity contribution in [3.05, 3.63) is 24.0 Å². The number of aromatic nitrogens is 1. The Hall–Kier alpha value is -1.69. The number of pyridine rings is 1. The summed E-state index contributed by atoms with van der Waals surface area (Å²) in [6.45, 7) is 2.50. The maximum absolute atomic E-state index is 13.6. The van der Waals surface area contributed by atoms with E-state index in [9.17, 15) is 14.3 Å². The number of hydrogen-bond acceptors (Lipinski definition) is 4. The van der Waals surface area contributed by atoms with Crippen molar-refractivity contribution in [3.8, 4) is 0 Å². The zero-order valence-electron chi connectivity index (χ0n) is 11.7. The van der Waals surface area contributed by atoms with E-state index in [4.69, 9.17) is 0 Å². The van der Waals surface area contributed by atoms with Crippen molar-refractivity contribution in [2.45, 2.75) is 44.5 Å². The third kappa shape index (κ3) is 3.90. The fraction of sp³-hybridized carbons (Fsp3) is 0.571. The van der Waals surface area contributed by atoms with Gasteiger partial charge in [-0.3, -0.25) is 9.78 Å². The molecule has 0 saturated heterocycles. The average Bonchev–Trinajstić information content (AvgIpc) is 3.19. The van der Waals surface area contributed by atoms with Gasteiger partial charge in [0.25, 0.3) is 5.91 Å². The van der Waals surface area contributed by atoms with Crippen LogP contribution in [0.15, 0.2) is 18.5 Å². The van der Waals surface area contributed by atoms with E-state index in [1.807, 2.05) is 0 Å². The molecule has 0 radical (unpaired) electrons. The highest BCUT2D eigenvalue weighted by Crippen LogP contribution is 2.26. The molecule has 1 saturated carbocycles. The van der Waals surface area contributed by atoms with Gasteiger partial charge in [0, 0.05) is 18.4 Å². The van der Waals surface area contributed by atoms with Gasteiger partial charge in [0.1, 0.15) is 6.17 Å². The van der Waals surface area contributed by atoms with E-state index < -0.39 is 17.7 Å². The number of aliphatic hydroxyl groups is 1. The summed E-state index contributed by atoms with van der Waals surface area (Å²) < 4.78 is 13.6. The maximum Gasteiger partial charge on any atom is 0.255 e. The summed E-state index contributed by atoms with van der Waals surface area (Å²) in [6.07, 6.45) is 3.72. The lowest BCUT2D eigenvalue weighted by Crippen LogP contribution is -2.42. The fourth-order valence-electron chi connectivity index (χ4n) is 1.68. The van der Waals surface area contributed by atoms with E-state index >= 15 is 0 Å². The minimum Gasteiger partial charge on any atom is -0.387 e. The SMILES string of the molecule is CC(C)(O)C(F)CNC(=O)c1cnccc1NC1CC1. The number of nitrogens with one attached hydrogen (secondary N) is 2. The van der Waals surface area contributed by atoms with E-state index in [-0.39, 0.29) is 6.54 Å². The number of nitrogens with zero attached hydrogens (tertiary/aromatic N) is 1. The zero-order valence-corrected chi connectivity index (χ0v) is 11.7. The summed E-state index contributed by atoms with van der Waals surface area (Å²) in [5.41, 5.74) is -0.377. The van der Waals surface area contributed by atoms with Gasteiger partial charge in [0.15, 0.2) is 0 Å². The molecule has 0 aromatic carbocycles. The molecule has 1 fully saturated rings. The Balaban J connectivity index is 1.98. The summed E-state index contributed by atoms with van der Waals surface area (Å²) >= 11 is 0. The number of anilines is 1. The molecule has 3 N–H and O–H groups in total. The van der Waals surface area contributed by atoms with Gasteiger partial charge >= 0.3 is 0 Å². The Labute approximate surface area is 117 Å². The van der Waals surface area contributed by atoms with Gasteiger partial charge in [-0.05, 0) is 32.8 Å². The van der Waals surface area contributed by atoms with Crippen molar-refractivity contribution in [3.63, 3.8) is 0 Å². The third-order valence-electron chi connectivity index (χ3n) is 3.21. The predicted molar refractivity (Wildman–Crippen MR) is 74.4 cm³/mol. The molecule has 110 valence electrons. The first-order valence-electron chi connectivity index (χ1n) is 6.73. The van der Waals surface area contributed by atoms with Gasteiger partial charge in [-0.15, -0.1) is 0 Å². The molecule has 1 unspecified atom stereocenters. The second-order valence-electron chi connectivity index (χ2n) is 5.67. The topological polar surface area (TPSA) is 74.2 Å². The van der Waals surface area contributed by atoms with Crippen LogP contribution in [0.25, 0.3) is 0 Å². The number of halogens is 1. The van der Waals surface area contributed by atoms with Crippen molar-refractivity contribution >= 4 is 11.6 Å².